The second-order valence-electron chi connectivity index (χ2n) is 8.39. The van der Waals surface area contributed by atoms with Crippen molar-refractivity contribution in [3.63, 3.8) is 0 Å². The highest BCUT2D eigenvalue weighted by Crippen LogP contribution is 2.29. The predicted molar refractivity (Wildman–Crippen MR) is 144 cm³/mol. The van der Waals surface area contributed by atoms with Gasteiger partial charge in [-0.3, -0.25) is 0 Å². The zero-order valence-corrected chi connectivity index (χ0v) is 21.5. The van der Waals surface area contributed by atoms with Crippen molar-refractivity contribution in [1.82, 2.24) is 14.8 Å². The van der Waals surface area contributed by atoms with Crippen LogP contribution in [-0.4, -0.2) is 33.9 Å². The Hall–Kier alpha value is -3.97. The molecule has 3 aromatic carbocycles. The molecule has 0 bridgehead atoms. The van der Waals surface area contributed by atoms with Crippen molar-refractivity contribution in [2.75, 3.05) is 13.2 Å². The molecule has 0 N–H and O–H groups in total. The third kappa shape index (κ3) is 5.02. The van der Waals surface area contributed by atoms with E-state index in [0.717, 1.165) is 21.3 Å². The van der Waals surface area contributed by atoms with Crippen LogP contribution in [0.25, 0.3) is 28.0 Å². The average Bonchev–Trinajstić information content (AvgIpc) is 3.23. The molecule has 7 heteroatoms. The molecule has 0 unspecified atom stereocenters. The second kappa shape index (κ2) is 10.3. The number of carbonyl (C=O) groups excluding carboxylic acids is 1. The number of carbonyl (C=O) groups is 1. The highest BCUT2D eigenvalue weighted by molar-refractivity contribution is 9.10. The molecule has 0 saturated heterocycles. The number of aromatic nitrogens is 3. The van der Waals surface area contributed by atoms with Gasteiger partial charge < -0.3 is 9.47 Å². The zero-order chi connectivity index (χ0) is 25.1. The average molecular weight is 542 g/mol. The van der Waals surface area contributed by atoms with Gasteiger partial charge in [0, 0.05) is 10.0 Å². The minimum atomic E-state index is -0.441. The Morgan fingerprint density at radius 3 is 2.44 bits per heavy atom. The molecule has 0 radical (unpaired) electrons. The summed E-state index contributed by atoms with van der Waals surface area (Å²) in [6, 6.07) is 27.1. The number of esters is 1. The Morgan fingerprint density at radius 2 is 1.69 bits per heavy atom. The van der Waals surface area contributed by atoms with Crippen LogP contribution >= 0.6 is 15.9 Å². The summed E-state index contributed by atoms with van der Waals surface area (Å²) in [5.41, 5.74) is 5.34. The molecule has 0 aliphatic rings. The third-order valence-corrected chi connectivity index (χ3v) is 6.26. The molecule has 0 saturated carbocycles. The summed E-state index contributed by atoms with van der Waals surface area (Å²) in [7, 11) is 0. The normalized spacial score (nSPS) is 11.0. The largest absolute Gasteiger partial charge is 0.490 e. The van der Waals surface area contributed by atoms with Crippen LogP contribution in [0.15, 0.2) is 89.4 Å². The zero-order valence-electron chi connectivity index (χ0n) is 19.9. The van der Waals surface area contributed by atoms with E-state index < -0.39 is 5.97 Å². The molecule has 0 fully saturated rings. The minimum absolute atomic E-state index is 0.112. The summed E-state index contributed by atoms with van der Waals surface area (Å²) in [6.07, 6.45) is 0. The molecule has 2 aromatic heterocycles. The van der Waals surface area contributed by atoms with Gasteiger partial charge in [-0.2, -0.15) is 5.10 Å². The first kappa shape index (κ1) is 23.8. The first-order chi connectivity index (χ1) is 17.5. The van der Waals surface area contributed by atoms with Gasteiger partial charge in [0.2, 0.25) is 0 Å². The number of ether oxygens (including phenoxy) is 2. The van der Waals surface area contributed by atoms with E-state index in [1.165, 1.54) is 0 Å². The van der Waals surface area contributed by atoms with E-state index >= 15 is 0 Å². The molecule has 180 valence electrons. The summed E-state index contributed by atoms with van der Waals surface area (Å²) in [6.45, 7) is 4.27. The van der Waals surface area contributed by atoms with E-state index in [4.69, 9.17) is 19.6 Å². The highest BCUT2D eigenvalue weighted by Gasteiger charge is 2.22. The lowest BCUT2D eigenvalue weighted by Gasteiger charge is -2.11. The fourth-order valence-electron chi connectivity index (χ4n) is 4.00. The smallest absolute Gasteiger partial charge is 0.339 e. The van der Waals surface area contributed by atoms with E-state index in [1.54, 1.807) is 10.7 Å². The number of fused-ring (bicyclic) bond motifs is 1. The van der Waals surface area contributed by atoms with E-state index in [2.05, 4.69) is 15.9 Å². The molecular weight excluding hydrogens is 518 g/mol. The van der Waals surface area contributed by atoms with E-state index in [1.807, 2.05) is 92.7 Å². The number of hydrogen-bond acceptors (Lipinski definition) is 5. The Labute approximate surface area is 217 Å². The second-order valence-corrected chi connectivity index (χ2v) is 9.31. The van der Waals surface area contributed by atoms with Crippen molar-refractivity contribution < 1.29 is 14.3 Å². The van der Waals surface area contributed by atoms with Crippen LogP contribution in [0.4, 0.5) is 0 Å². The van der Waals surface area contributed by atoms with Gasteiger partial charge in [-0.1, -0.05) is 70.0 Å². The van der Waals surface area contributed by atoms with Crippen molar-refractivity contribution >= 4 is 32.9 Å². The number of rotatable bonds is 7. The van der Waals surface area contributed by atoms with Crippen molar-refractivity contribution in [2.24, 2.45) is 0 Å². The van der Waals surface area contributed by atoms with Crippen LogP contribution in [-0.2, 0) is 4.74 Å². The van der Waals surface area contributed by atoms with Crippen molar-refractivity contribution in [3.05, 3.63) is 106 Å². The maximum absolute atomic E-state index is 13.3. The first-order valence-electron chi connectivity index (χ1n) is 11.6. The Kier molecular flexibility index (Phi) is 6.82. The van der Waals surface area contributed by atoms with Gasteiger partial charge in [-0.15, -0.1) is 0 Å². The number of benzene rings is 3. The molecule has 0 atom stereocenters. The minimum Gasteiger partial charge on any atom is -0.490 e. The Balaban J connectivity index is 1.49. The molecule has 5 rings (SSSR count). The Bertz CT molecular complexity index is 1530. The molecular formula is C29H24BrN3O3. The predicted octanol–water partition coefficient (Wildman–Crippen LogP) is 6.70. The van der Waals surface area contributed by atoms with Crippen molar-refractivity contribution in [2.45, 2.75) is 13.8 Å². The van der Waals surface area contributed by atoms with Gasteiger partial charge in [0.25, 0.3) is 0 Å². The summed E-state index contributed by atoms with van der Waals surface area (Å²) in [5, 5.41) is 5.40. The van der Waals surface area contributed by atoms with Gasteiger partial charge in [0.05, 0.1) is 28.0 Å². The molecule has 0 amide bonds. The van der Waals surface area contributed by atoms with E-state index in [9.17, 15) is 4.79 Å². The highest BCUT2D eigenvalue weighted by atomic mass is 79.9. The van der Waals surface area contributed by atoms with Gasteiger partial charge in [0.15, 0.2) is 5.65 Å². The van der Waals surface area contributed by atoms with Crippen LogP contribution in [0.1, 0.15) is 21.6 Å². The molecule has 6 nitrogen and oxygen atoms in total. The topological polar surface area (TPSA) is 66.2 Å². The SMILES string of the molecule is Cc1ccc(-n2nc(C)c3c(C(=O)OCCOc4cccc(Br)c4)cc(-c4ccccc4)nc32)cc1. The lowest BCUT2D eigenvalue weighted by molar-refractivity contribution is 0.0452. The summed E-state index contributed by atoms with van der Waals surface area (Å²) in [4.78, 5) is 18.2. The fourth-order valence-corrected chi connectivity index (χ4v) is 4.38. The monoisotopic (exact) mass is 541 g/mol. The molecule has 5 aromatic rings. The molecule has 36 heavy (non-hydrogen) atoms. The molecule has 2 heterocycles. The van der Waals surface area contributed by atoms with E-state index in [-0.39, 0.29) is 13.2 Å². The van der Waals surface area contributed by atoms with Crippen molar-refractivity contribution in [1.29, 1.82) is 0 Å². The van der Waals surface area contributed by atoms with Gasteiger partial charge >= 0.3 is 5.97 Å². The van der Waals surface area contributed by atoms with Crippen LogP contribution in [0.5, 0.6) is 5.75 Å². The maximum Gasteiger partial charge on any atom is 0.339 e. The lowest BCUT2D eigenvalue weighted by Crippen LogP contribution is -2.13. The van der Waals surface area contributed by atoms with Gasteiger partial charge in [-0.05, 0) is 50.2 Å². The lowest BCUT2D eigenvalue weighted by atomic mass is 10.1. The Morgan fingerprint density at radius 1 is 0.917 bits per heavy atom. The summed E-state index contributed by atoms with van der Waals surface area (Å²) < 4.78 is 14.0. The summed E-state index contributed by atoms with van der Waals surface area (Å²) >= 11 is 3.42. The number of aryl methyl sites for hydroxylation is 2. The number of pyridine rings is 1. The molecule has 0 spiro atoms. The van der Waals surface area contributed by atoms with Crippen LogP contribution in [0.3, 0.4) is 0 Å². The van der Waals surface area contributed by atoms with E-state index in [0.29, 0.717) is 33.7 Å². The van der Waals surface area contributed by atoms with Gasteiger partial charge in [-0.25, -0.2) is 14.5 Å². The first-order valence-corrected chi connectivity index (χ1v) is 12.4. The summed E-state index contributed by atoms with van der Waals surface area (Å²) in [5.74, 6) is 0.261. The number of halogens is 1. The number of hydrogen-bond donors (Lipinski definition) is 0. The quantitative estimate of drug-likeness (QED) is 0.169. The van der Waals surface area contributed by atoms with Crippen LogP contribution in [0, 0.1) is 13.8 Å². The molecule has 0 aliphatic carbocycles. The standard InChI is InChI=1S/C29H24BrN3O3/c1-19-11-13-23(14-12-19)33-28-27(20(2)32-33)25(18-26(31-28)21-7-4-3-5-8-21)29(34)36-16-15-35-24-10-6-9-22(30)17-24/h3-14,17-18H,15-16H2,1-2H3. The molecule has 0 aliphatic heterocycles. The van der Waals surface area contributed by atoms with Crippen molar-refractivity contribution in [3.8, 4) is 22.7 Å². The number of nitrogens with zero attached hydrogens (tertiary/aromatic N) is 3. The van der Waals surface area contributed by atoms with Crippen LogP contribution < -0.4 is 4.74 Å². The van der Waals surface area contributed by atoms with Crippen LogP contribution in [0.2, 0.25) is 0 Å². The maximum atomic E-state index is 13.3. The van der Waals surface area contributed by atoms with Gasteiger partial charge in [0.1, 0.15) is 19.0 Å². The fraction of sp³-hybridized carbons (Fsp3) is 0.138. The third-order valence-electron chi connectivity index (χ3n) is 5.76.